The van der Waals surface area contributed by atoms with E-state index < -0.39 is 47.5 Å². The number of hydrogen-bond donors (Lipinski definition) is 2. The van der Waals surface area contributed by atoms with Crippen LogP contribution in [0, 0.1) is 29.1 Å². The number of amidine groups is 1. The van der Waals surface area contributed by atoms with E-state index in [0.717, 1.165) is 24.6 Å². The molecule has 1 aromatic rings. The average molecular weight is 613 g/mol. The number of halogens is 3. The van der Waals surface area contributed by atoms with Crippen molar-refractivity contribution in [3.8, 4) is 6.07 Å². The molecule has 2 saturated carbocycles. The zero-order valence-electron chi connectivity index (χ0n) is 24.3. The van der Waals surface area contributed by atoms with E-state index in [1.165, 1.54) is 11.0 Å². The summed E-state index contributed by atoms with van der Waals surface area (Å²) in [6.45, 7) is 2.90. The van der Waals surface area contributed by atoms with Crippen LogP contribution in [-0.2, 0) is 20.5 Å². The van der Waals surface area contributed by atoms with Gasteiger partial charge in [-0.05, 0) is 75.5 Å². The fraction of sp³-hybridized carbons (Fsp3) is 0.581. The number of likely N-dealkylation sites (N-methyl/N-ethyl adjacent to an activating group) is 1. The molecule has 234 valence electrons. The average Bonchev–Trinajstić information content (AvgIpc) is 3.95. The standard InChI is InChI=1S/C31H35F3N6O4/c1-2-39-27(37-20-8-10-44-11-9-20)24(25(36)29(42)40-21(15-35)13-18-14-22(18)40)23(16-6-7-16)26(30(39)43)38-28(41)17-4-3-5-19(12-17)31(32,33)34/h3-5,12,16,18,20-23,26H,2,6-11,13-14,36H2,1H3,(H,38,41)/b25-24-,37-27?. The second-order valence-electron chi connectivity index (χ2n) is 12.3. The Morgan fingerprint density at radius 2 is 1.89 bits per heavy atom. The van der Waals surface area contributed by atoms with Crippen LogP contribution in [0.4, 0.5) is 13.2 Å². The molecule has 3 amide bonds. The van der Waals surface area contributed by atoms with Gasteiger partial charge in [0.2, 0.25) is 0 Å². The molecule has 5 aliphatic rings. The van der Waals surface area contributed by atoms with E-state index in [-0.39, 0.29) is 47.6 Å². The van der Waals surface area contributed by atoms with Gasteiger partial charge in [-0.2, -0.15) is 18.4 Å². The third kappa shape index (κ3) is 5.56. The van der Waals surface area contributed by atoms with Gasteiger partial charge >= 0.3 is 6.18 Å². The summed E-state index contributed by atoms with van der Waals surface area (Å²) in [4.78, 5) is 49.5. The zero-order valence-corrected chi connectivity index (χ0v) is 24.3. The minimum absolute atomic E-state index is 0.0644. The maximum atomic E-state index is 14.1. The van der Waals surface area contributed by atoms with Gasteiger partial charge in [0, 0.05) is 42.9 Å². The van der Waals surface area contributed by atoms with E-state index in [9.17, 15) is 32.8 Å². The summed E-state index contributed by atoms with van der Waals surface area (Å²) in [5.41, 5.74) is 5.79. The fourth-order valence-electron chi connectivity index (χ4n) is 6.91. The molecule has 13 heteroatoms. The van der Waals surface area contributed by atoms with Gasteiger partial charge in [-0.15, -0.1) is 0 Å². The third-order valence-corrected chi connectivity index (χ3v) is 9.41. The molecule has 1 aromatic carbocycles. The molecule has 2 aliphatic carbocycles. The predicted octanol–water partition coefficient (Wildman–Crippen LogP) is 3.00. The number of nitrogens with zero attached hydrogens (tertiary/aromatic N) is 4. The number of ether oxygens (including phenoxy) is 1. The van der Waals surface area contributed by atoms with Crippen molar-refractivity contribution < 1.29 is 32.3 Å². The first-order valence-electron chi connectivity index (χ1n) is 15.2. The van der Waals surface area contributed by atoms with Crippen molar-refractivity contribution in [2.75, 3.05) is 19.8 Å². The van der Waals surface area contributed by atoms with Crippen LogP contribution in [0.1, 0.15) is 61.4 Å². The highest BCUT2D eigenvalue weighted by Gasteiger charge is 2.56. The van der Waals surface area contributed by atoms with E-state index in [0.29, 0.717) is 50.9 Å². The molecule has 0 aromatic heterocycles. The summed E-state index contributed by atoms with van der Waals surface area (Å²) in [5, 5.41) is 12.5. The van der Waals surface area contributed by atoms with Crippen molar-refractivity contribution in [3.63, 3.8) is 0 Å². The Bertz CT molecular complexity index is 1460. The van der Waals surface area contributed by atoms with Crippen molar-refractivity contribution in [3.05, 3.63) is 46.7 Å². The molecule has 0 bridgehead atoms. The van der Waals surface area contributed by atoms with Gasteiger partial charge in [0.15, 0.2) is 0 Å². The summed E-state index contributed by atoms with van der Waals surface area (Å²) in [7, 11) is 0. The predicted molar refractivity (Wildman–Crippen MR) is 152 cm³/mol. The number of amides is 3. The Hall–Kier alpha value is -3.92. The van der Waals surface area contributed by atoms with Crippen molar-refractivity contribution in [2.45, 2.75) is 75.8 Å². The lowest BCUT2D eigenvalue weighted by Gasteiger charge is -2.42. The normalized spacial score (nSPS) is 31.0. The number of aliphatic imine (C=N–C) groups is 1. The molecule has 0 spiro atoms. The molecule has 3 aliphatic heterocycles. The Morgan fingerprint density at radius 3 is 2.52 bits per heavy atom. The summed E-state index contributed by atoms with van der Waals surface area (Å²) in [5.74, 6) is -2.07. The van der Waals surface area contributed by atoms with Gasteiger partial charge in [-0.3, -0.25) is 24.3 Å². The summed E-state index contributed by atoms with van der Waals surface area (Å²) < 4.78 is 45.7. The van der Waals surface area contributed by atoms with Crippen LogP contribution in [0.25, 0.3) is 0 Å². The van der Waals surface area contributed by atoms with Crippen molar-refractivity contribution in [1.29, 1.82) is 5.26 Å². The van der Waals surface area contributed by atoms with Crippen LogP contribution < -0.4 is 11.1 Å². The lowest BCUT2D eigenvalue weighted by Crippen LogP contribution is -2.61. The van der Waals surface area contributed by atoms with Gasteiger partial charge in [-0.25, -0.2) is 0 Å². The van der Waals surface area contributed by atoms with Crippen LogP contribution in [0.15, 0.2) is 40.5 Å². The van der Waals surface area contributed by atoms with Crippen molar-refractivity contribution in [1.82, 2.24) is 15.1 Å². The second-order valence-corrected chi connectivity index (χ2v) is 12.3. The monoisotopic (exact) mass is 612 g/mol. The molecular formula is C31H35F3N6O4. The maximum Gasteiger partial charge on any atom is 0.416 e. The number of benzene rings is 1. The molecule has 5 atom stereocenters. The number of fused-ring (bicyclic) bond motifs is 1. The second kappa shape index (κ2) is 11.5. The highest BCUT2D eigenvalue weighted by atomic mass is 19.4. The molecule has 3 heterocycles. The Balaban J connectivity index is 1.43. The summed E-state index contributed by atoms with van der Waals surface area (Å²) >= 11 is 0. The Kier molecular flexibility index (Phi) is 7.90. The molecule has 0 radical (unpaired) electrons. The van der Waals surface area contributed by atoms with Crippen LogP contribution in [0.2, 0.25) is 0 Å². The van der Waals surface area contributed by atoms with Gasteiger partial charge in [-0.1, -0.05) is 6.07 Å². The molecule has 5 unspecified atom stereocenters. The first-order valence-corrected chi connectivity index (χ1v) is 15.2. The van der Waals surface area contributed by atoms with E-state index in [1.54, 1.807) is 11.8 Å². The van der Waals surface area contributed by atoms with Gasteiger partial charge < -0.3 is 20.7 Å². The highest BCUT2D eigenvalue weighted by Crippen LogP contribution is 2.50. The molecular weight excluding hydrogens is 577 g/mol. The van der Waals surface area contributed by atoms with Gasteiger partial charge in [0.1, 0.15) is 23.6 Å². The number of hydrogen-bond acceptors (Lipinski definition) is 7. The Morgan fingerprint density at radius 1 is 1.16 bits per heavy atom. The highest BCUT2D eigenvalue weighted by molar-refractivity contribution is 6.17. The number of likely N-dealkylation sites (tertiary alicyclic amines) is 2. The first kappa shape index (κ1) is 30.1. The zero-order chi connectivity index (χ0) is 31.3. The van der Waals surface area contributed by atoms with Crippen LogP contribution >= 0.6 is 0 Å². The number of piperidine rings is 2. The van der Waals surface area contributed by atoms with Crippen molar-refractivity contribution in [2.24, 2.45) is 28.5 Å². The quantitative estimate of drug-likeness (QED) is 0.474. The number of rotatable bonds is 6. The van der Waals surface area contributed by atoms with E-state index in [1.807, 2.05) is 0 Å². The molecule has 10 nitrogen and oxygen atoms in total. The third-order valence-electron chi connectivity index (χ3n) is 9.41. The summed E-state index contributed by atoms with van der Waals surface area (Å²) in [6, 6.07) is 4.21. The number of carbonyl (C=O) groups is 3. The molecule has 44 heavy (non-hydrogen) atoms. The van der Waals surface area contributed by atoms with Crippen LogP contribution in [0.5, 0.6) is 0 Å². The lowest BCUT2D eigenvalue weighted by atomic mass is 9.79. The lowest BCUT2D eigenvalue weighted by molar-refractivity contribution is -0.137. The largest absolute Gasteiger partial charge is 0.416 e. The smallest absolute Gasteiger partial charge is 0.394 e. The van der Waals surface area contributed by atoms with E-state index >= 15 is 0 Å². The van der Waals surface area contributed by atoms with E-state index in [4.69, 9.17) is 15.5 Å². The van der Waals surface area contributed by atoms with Gasteiger partial charge in [0.05, 0.1) is 17.7 Å². The number of alkyl halides is 3. The number of nitrogens with two attached hydrogens (primary N) is 1. The number of nitrogens with one attached hydrogen (secondary N) is 1. The van der Waals surface area contributed by atoms with Crippen LogP contribution in [-0.4, -0.2) is 77.3 Å². The van der Waals surface area contributed by atoms with E-state index in [2.05, 4.69) is 11.4 Å². The number of carbonyl (C=O) groups excluding carboxylic acids is 3. The molecule has 3 N–H and O–H groups in total. The molecule has 5 fully saturated rings. The van der Waals surface area contributed by atoms with Crippen LogP contribution in [0.3, 0.4) is 0 Å². The minimum atomic E-state index is -4.65. The Labute approximate surface area is 253 Å². The topological polar surface area (TPSA) is 141 Å². The van der Waals surface area contributed by atoms with Crippen molar-refractivity contribution >= 4 is 23.6 Å². The minimum Gasteiger partial charge on any atom is -0.394 e. The molecule has 3 saturated heterocycles. The SMILES string of the molecule is CCN1C(=O)C(NC(=O)c2cccc(C(F)(F)F)c2)C(C2CC2)/C(=C(/N)C(=O)N2C(C#N)CC3CC32)C1=NC1CCOCC1. The number of nitriles is 1. The fourth-order valence-corrected chi connectivity index (χ4v) is 6.91. The summed E-state index contributed by atoms with van der Waals surface area (Å²) in [6.07, 6.45) is -0.602. The maximum absolute atomic E-state index is 14.1. The first-order chi connectivity index (χ1) is 21.0. The molecule has 6 rings (SSSR count). The van der Waals surface area contributed by atoms with Gasteiger partial charge in [0.25, 0.3) is 17.7 Å².